The van der Waals surface area contributed by atoms with Gasteiger partial charge < -0.3 is 20.1 Å². The molecule has 2 aliphatic heterocycles. The van der Waals surface area contributed by atoms with Crippen LogP contribution in [-0.2, 0) is 9.59 Å². The van der Waals surface area contributed by atoms with Crippen LogP contribution in [0.1, 0.15) is 44.9 Å². The molecule has 0 bridgehead atoms. The molecule has 164 valence electrons. The first-order chi connectivity index (χ1) is 14.6. The molecular weight excluding hydrogens is 406 g/mol. The van der Waals surface area contributed by atoms with Crippen molar-refractivity contribution < 1.29 is 19.1 Å². The van der Waals surface area contributed by atoms with Crippen LogP contribution in [0.2, 0.25) is 5.02 Å². The van der Waals surface area contributed by atoms with Gasteiger partial charge in [0.1, 0.15) is 13.2 Å². The monoisotopic (exact) mass is 435 g/mol. The Morgan fingerprint density at radius 2 is 1.67 bits per heavy atom. The Hall–Kier alpha value is -1.99. The number of carbonyl (C=O) groups excluding carboxylic acids is 2. The third-order valence-electron chi connectivity index (χ3n) is 6.18. The van der Waals surface area contributed by atoms with E-state index in [0.29, 0.717) is 41.5 Å². The van der Waals surface area contributed by atoms with Gasteiger partial charge in [0, 0.05) is 24.1 Å². The summed E-state index contributed by atoms with van der Waals surface area (Å²) in [5, 5.41) is 6.52. The standard InChI is InChI=1S/C22H30ClN3O4/c23-17-12-19-20(30-11-10-29-19)13-18(17)25-21(27)14-26-8-6-15(7-9-26)22(28)24-16-4-2-1-3-5-16/h12-13,15-16H,1-11,14H2,(H,24,28)(H,25,27). The van der Waals surface area contributed by atoms with E-state index < -0.39 is 0 Å². The van der Waals surface area contributed by atoms with Crippen LogP contribution in [0.15, 0.2) is 12.1 Å². The summed E-state index contributed by atoms with van der Waals surface area (Å²) in [6.45, 7) is 2.73. The maximum atomic E-state index is 12.5. The van der Waals surface area contributed by atoms with E-state index in [9.17, 15) is 9.59 Å². The van der Waals surface area contributed by atoms with Gasteiger partial charge in [0.05, 0.1) is 17.3 Å². The Kier molecular flexibility index (Phi) is 7.00. The average molecular weight is 436 g/mol. The minimum Gasteiger partial charge on any atom is -0.486 e. The molecule has 30 heavy (non-hydrogen) atoms. The number of likely N-dealkylation sites (tertiary alicyclic amines) is 1. The number of benzene rings is 1. The Bertz CT molecular complexity index is 774. The van der Waals surface area contributed by atoms with Crippen molar-refractivity contribution in [3.05, 3.63) is 17.2 Å². The molecule has 0 spiro atoms. The maximum absolute atomic E-state index is 12.5. The molecule has 1 saturated heterocycles. The van der Waals surface area contributed by atoms with E-state index >= 15 is 0 Å². The zero-order chi connectivity index (χ0) is 20.9. The van der Waals surface area contributed by atoms with Gasteiger partial charge in [-0.2, -0.15) is 0 Å². The van der Waals surface area contributed by atoms with Crippen molar-refractivity contribution in [1.82, 2.24) is 10.2 Å². The largest absolute Gasteiger partial charge is 0.486 e. The summed E-state index contributed by atoms with van der Waals surface area (Å²) in [5.41, 5.74) is 0.521. The third-order valence-corrected chi connectivity index (χ3v) is 6.50. The Morgan fingerprint density at radius 1 is 1.00 bits per heavy atom. The highest BCUT2D eigenvalue weighted by atomic mass is 35.5. The Balaban J connectivity index is 1.23. The van der Waals surface area contributed by atoms with Crippen LogP contribution in [0, 0.1) is 5.92 Å². The number of hydrogen-bond acceptors (Lipinski definition) is 5. The van der Waals surface area contributed by atoms with Crippen LogP contribution in [0.25, 0.3) is 0 Å². The van der Waals surface area contributed by atoms with Crippen molar-refractivity contribution in [3.8, 4) is 11.5 Å². The molecule has 0 aromatic heterocycles. The number of rotatable bonds is 5. The number of amides is 2. The lowest BCUT2D eigenvalue weighted by atomic mass is 9.92. The first-order valence-corrected chi connectivity index (χ1v) is 11.4. The smallest absolute Gasteiger partial charge is 0.238 e. The lowest BCUT2D eigenvalue weighted by Crippen LogP contribution is -2.45. The molecule has 0 unspecified atom stereocenters. The summed E-state index contributed by atoms with van der Waals surface area (Å²) in [6.07, 6.45) is 7.50. The molecular formula is C22H30ClN3O4. The van der Waals surface area contributed by atoms with Crippen molar-refractivity contribution in [2.24, 2.45) is 5.92 Å². The number of ether oxygens (including phenoxy) is 2. The van der Waals surface area contributed by atoms with Crippen molar-refractivity contribution >= 4 is 29.1 Å². The number of nitrogens with one attached hydrogen (secondary N) is 2. The minimum atomic E-state index is -0.126. The fourth-order valence-electron chi connectivity index (χ4n) is 4.47. The normalized spacial score (nSPS) is 20.6. The van der Waals surface area contributed by atoms with Crippen LogP contribution in [0.3, 0.4) is 0 Å². The summed E-state index contributed by atoms with van der Waals surface area (Å²) in [6, 6.07) is 3.73. The minimum absolute atomic E-state index is 0.0541. The number of anilines is 1. The molecule has 2 amide bonds. The molecule has 1 aromatic carbocycles. The van der Waals surface area contributed by atoms with E-state index in [4.69, 9.17) is 21.1 Å². The molecule has 1 aromatic rings. The molecule has 4 rings (SSSR count). The van der Waals surface area contributed by atoms with Gasteiger partial charge in [0.2, 0.25) is 11.8 Å². The van der Waals surface area contributed by atoms with Crippen LogP contribution < -0.4 is 20.1 Å². The molecule has 1 aliphatic carbocycles. The van der Waals surface area contributed by atoms with E-state index in [0.717, 1.165) is 38.8 Å². The molecule has 7 nitrogen and oxygen atoms in total. The number of halogens is 1. The van der Waals surface area contributed by atoms with Crippen molar-refractivity contribution in [2.75, 3.05) is 38.2 Å². The first kappa shape index (κ1) is 21.2. The first-order valence-electron chi connectivity index (χ1n) is 11.0. The van der Waals surface area contributed by atoms with Crippen LogP contribution >= 0.6 is 11.6 Å². The Labute approximate surface area is 182 Å². The third kappa shape index (κ3) is 5.38. The fourth-order valence-corrected chi connectivity index (χ4v) is 4.67. The predicted molar refractivity (Wildman–Crippen MR) is 115 cm³/mol. The van der Waals surface area contributed by atoms with Crippen LogP contribution in [-0.4, -0.2) is 55.6 Å². The van der Waals surface area contributed by atoms with Gasteiger partial charge in [0.25, 0.3) is 0 Å². The van der Waals surface area contributed by atoms with Gasteiger partial charge in [-0.1, -0.05) is 30.9 Å². The van der Waals surface area contributed by atoms with E-state index in [1.54, 1.807) is 12.1 Å². The number of hydrogen-bond donors (Lipinski definition) is 2. The summed E-state index contributed by atoms with van der Waals surface area (Å²) in [7, 11) is 0. The van der Waals surface area contributed by atoms with Gasteiger partial charge in [-0.05, 0) is 38.8 Å². The van der Waals surface area contributed by atoms with Crippen molar-refractivity contribution in [1.29, 1.82) is 0 Å². The molecule has 0 radical (unpaired) electrons. The molecule has 1 saturated carbocycles. The molecule has 2 N–H and O–H groups in total. The maximum Gasteiger partial charge on any atom is 0.238 e. The van der Waals surface area contributed by atoms with E-state index in [1.165, 1.54) is 19.3 Å². The second-order valence-corrected chi connectivity index (χ2v) is 8.83. The van der Waals surface area contributed by atoms with Gasteiger partial charge >= 0.3 is 0 Å². The van der Waals surface area contributed by atoms with Gasteiger partial charge in [0.15, 0.2) is 11.5 Å². The topological polar surface area (TPSA) is 79.9 Å². The quantitative estimate of drug-likeness (QED) is 0.742. The highest BCUT2D eigenvalue weighted by molar-refractivity contribution is 6.34. The zero-order valence-electron chi connectivity index (χ0n) is 17.3. The zero-order valence-corrected chi connectivity index (χ0v) is 18.0. The van der Waals surface area contributed by atoms with Crippen LogP contribution in [0.5, 0.6) is 11.5 Å². The number of fused-ring (bicyclic) bond motifs is 1. The second-order valence-electron chi connectivity index (χ2n) is 8.42. The number of piperidine rings is 1. The molecule has 2 fully saturated rings. The van der Waals surface area contributed by atoms with Gasteiger partial charge in [-0.15, -0.1) is 0 Å². The highest BCUT2D eigenvalue weighted by Gasteiger charge is 2.28. The van der Waals surface area contributed by atoms with Gasteiger partial charge in [-0.25, -0.2) is 0 Å². The van der Waals surface area contributed by atoms with Gasteiger partial charge in [-0.3, -0.25) is 14.5 Å². The molecule has 0 atom stereocenters. The van der Waals surface area contributed by atoms with E-state index in [-0.39, 0.29) is 24.3 Å². The SMILES string of the molecule is O=C(CN1CCC(C(=O)NC2CCCCC2)CC1)Nc1cc2c(cc1Cl)OCCO2. The molecule has 8 heteroatoms. The highest BCUT2D eigenvalue weighted by Crippen LogP contribution is 2.38. The lowest BCUT2D eigenvalue weighted by molar-refractivity contribution is -0.127. The van der Waals surface area contributed by atoms with Crippen molar-refractivity contribution in [3.63, 3.8) is 0 Å². The Morgan fingerprint density at radius 3 is 2.37 bits per heavy atom. The summed E-state index contributed by atoms with van der Waals surface area (Å²) >= 11 is 6.27. The van der Waals surface area contributed by atoms with E-state index in [1.807, 2.05) is 0 Å². The lowest BCUT2D eigenvalue weighted by Gasteiger charge is -2.32. The number of carbonyl (C=O) groups is 2. The summed E-state index contributed by atoms with van der Waals surface area (Å²) in [4.78, 5) is 27.2. The van der Waals surface area contributed by atoms with Crippen LogP contribution in [0.4, 0.5) is 5.69 Å². The summed E-state index contributed by atoms with van der Waals surface area (Å²) < 4.78 is 11.1. The number of nitrogens with zero attached hydrogens (tertiary/aromatic N) is 1. The second kappa shape index (κ2) is 9.88. The predicted octanol–water partition coefficient (Wildman–Crippen LogP) is 3.21. The van der Waals surface area contributed by atoms with E-state index in [2.05, 4.69) is 15.5 Å². The molecule has 3 aliphatic rings. The molecule has 2 heterocycles. The average Bonchev–Trinajstić information content (AvgIpc) is 2.75. The summed E-state index contributed by atoms with van der Waals surface area (Å²) in [5.74, 6) is 1.30. The fraction of sp³-hybridized carbons (Fsp3) is 0.636. The van der Waals surface area contributed by atoms with Crippen molar-refractivity contribution in [2.45, 2.75) is 51.0 Å².